The van der Waals surface area contributed by atoms with Crippen molar-refractivity contribution in [2.75, 3.05) is 0 Å². The summed E-state index contributed by atoms with van der Waals surface area (Å²) in [6, 6.07) is 1.64. The van der Waals surface area contributed by atoms with E-state index in [2.05, 4.69) is 0 Å². The molecule has 0 bridgehead atoms. The highest BCUT2D eigenvalue weighted by Crippen LogP contribution is 2.36. The summed E-state index contributed by atoms with van der Waals surface area (Å²) in [7, 11) is 0. The standard InChI is InChI=1S/C7H9F3N2O2/c1-6(12(13)14,7(8,9)10)4-2-3-5-11/h2-4H2,1H3. The highest BCUT2D eigenvalue weighted by molar-refractivity contribution is 4.84. The second-order valence-electron chi connectivity index (χ2n) is 3.04. The van der Waals surface area contributed by atoms with Crippen LogP contribution < -0.4 is 0 Å². The van der Waals surface area contributed by atoms with Crippen LogP contribution in [0.5, 0.6) is 0 Å². The highest BCUT2D eigenvalue weighted by Gasteiger charge is 2.61. The number of rotatable bonds is 4. The average Bonchev–Trinajstić information content (AvgIpc) is 2.02. The molecule has 1 unspecified atom stereocenters. The van der Waals surface area contributed by atoms with Gasteiger partial charge < -0.3 is 0 Å². The lowest BCUT2D eigenvalue weighted by Gasteiger charge is -2.22. The summed E-state index contributed by atoms with van der Waals surface area (Å²) >= 11 is 0. The lowest BCUT2D eigenvalue weighted by molar-refractivity contribution is -0.609. The summed E-state index contributed by atoms with van der Waals surface area (Å²) < 4.78 is 36.8. The predicted octanol–water partition coefficient (Wildman–Crippen LogP) is 2.28. The number of halogens is 3. The molecule has 0 aliphatic rings. The quantitative estimate of drug-likeness (QED) is 0.406. The van der Waals surface area contributed by atoms with E-state index in [9.17, 15) is 23.3 Å². The van der Waals surface area contributed by atoms with E-state index in [0.29, 0.717) is 6.92 Å². The maximum absolute atomic E-state index is 12.3. The van der Waals surface area contributed by atoms with Crippen molar-refractivity contribution in [3.63, 3.8) is 0 Å². The molecule has 0 aliphatic carbocycles. The van der Waals surface area contributed by atoms with Crippen LogP contribution in [0.15, 0.2) is 0 Å². The second-order valence-corrected chi connectivity index (χ2v) is 3.04. The van der Waals surface area contributed by atoms with Gasteiger partial charge in [-0.2, -0.15) is 18.4 Å². The van der Waals surface area contributed by atoms with Gasteiger partial charge in [0.1, 0.15) is 0 Å². The first-order valence-electron chi connectivity index (χ1n) is 3.84. The fourth-order valence-electron chi connectivity index (χ4n) is 0.848. The van der Waals surface area contributed by atoms with Crippen molar-refractivity contribution >= 4 is 0 Å². The summed E-state index contributed by atoms with van der Waals surface area (Å²) in [5, 5.41) is 18.4. The van der Waals surface area contributed by atoms with Gasteiger partial charge in [0.2, 0.25) is 0 Å². The van der Waals surface area contributed by atoms with Crippen LogP contribution in [0.25, 0.3) is 0 Å². The van der Waals surface area contributed by atoms with Crippen molar-refractivity contribution in [1.29, 1.82) is 5.26 Å². The number of hydrogen-bond donors (Lipinski definition) is 0. The van der Waals surface area contributed by atoms with Crippen LogP contribution in [-0.4, -0.2) is 16.6 Å². The Kier molecular flexibility index (Phi) is 3.86. The van der Waals surface area contributed by atoms with Gasteiger partial charge in [-0.05, 0) is 6.42 Å². The van der Waals surface area contributed by atoms with Crippen molar-refractivity contribution in [3.8, 4) is 6.07 Å². The Labute approximate surface area is 78.5 Å². The van der Waals surface area contributed by atoms with Crippen molar-refractivity contribution < 1.29 is 18.1 Å². The molecule has 0 saturated heterocycles. The summed E-state index contributed by atoms with van der Waals surface area (Å²) in [6.07, 6.45) is -5.80. The first-order chi connectivity index (χ1) is 6.25. The number of hydrogen-bond acceptors (Lipinski definition) is 3. The molecule has 0 aromatic heterocycles. The van der Waals surface area contributed by atoms with E-state index in [1.807, 2.05) is 0 Å². The molecule has 4 nitrogen and oxygen atoms in total. The van der Waals surface area contributed by atoms with Crippen LogP contribution in [0, 0.1) is 21.4 Å². The van der Waals surface area contributed by atoms with Crippen LogP contribution in [0.1, 0.15) is 26.2 Å². The second kappa shape index (κ2) is 4.26. The lowest BCUT2D eigenvalue weighted by Crippen LogP contribution is -2.49. The molecule has 0 fully saturated rings. The molecular formula is C7H9F3N2O2. The number of unbranched alkanes of at least 4 members (excludes halogenated alkanes) is 1. The van der Waals surface area contributed by atoms with Gasteiger partial charge in [-0.15, -0.1) is 0 Å². The topological polar surface area (TPSA) is 66.9 Å². The zero-order chi connectivity index (χ0) is 11.4. The molecule has 0 heterocycles. The van der Waals surface area contributed by atoms with Gasteiger partial charge in [0.15, 0.2) is 0 Å². The molecule has 7 heteroatoms. The van der Waals surface area contributed by atoms with Crippen LogP contribution in [0.2, 0.25) is 0 Å². The van der Waals surface area contributed by atoms with Gasteiger partial charge in [-0.1, -0.05) is 0 Å². The first-order valence-corrected chi connectivity index (χ1v) is 3.84. The van der Waals surface area contributed by atoms with E-state index >= 15 is 0 Å². The number of nitro groups is 1. The van der Waals surface area contributed by atoms with E-state index < -0.39 is 23.1 Å². The summed E-state index contributed by atoms with van der Waals surface area (Å²) in [6.45, 7) is 0.532. The molecule has 14 heavy (non-hydrogen) atoms. The van der Waals surface area contributed by atoms with Crippen molar-refractivity contribution in [3.05, 3.63) is 10.1 Å². The van der Waals surface area contributed by atoms with Gasteiger partial charge in [-0.3, -0.25) is 10.1 Å². The SMILES string of the molecule is CC(CCCC#N)([N+](=O)[O-])C(F)(F)F. The monoisotopic (exact) mass is 210 g/mol. The molecule has 0 aromatic carbocycles. The number of nitrogens with zero attached hydrogens (tertiary/aromatic N) is 2. The van der Waals surface area contributed by atoms with Crippen molar-refractivity contribution in [2.45, 2.75) is 37.9 Å². The minimum absolute atomic E-state index is 0.112. The molecule has 0 N–H and O–H groups in total. The van der Waals surface area contributed by atoms with Gasteiger partial charge >= 0.3 is 11.7 Å². The predicted molar refractivity (Wildman–Crippen MR) is 40.9 cm³/mol. The smallest absolute Gasteiger partial charge is 0.264 e. The van der Waals surface area contributed by atoms with E-state index in [1.165, 1.54) is 0 Å². The van der Waals surface area contributed by atoms with Gasteiger partial charge in [0, 0.05) is 24.7 Å². The maximum Gasteiger partial charge on any atom is 0.460 e. The molecular weight excluding hydrogens is 201 g/mol. The fourth-order valence-corrected chi connectivity index (χ4v) is 0.848. The Hall–Kier alpha value is -1.32. The Morgan fingerprint density at radius 1 is 1.50 bits per heavy atom. The molecule has 0 aromatic rings. The third kappa shape index (κ3) is 2.58. The number of nitriles is 1. The third-order valence-electron chi connectivity index (χ3n) is 1.97. The normalized spacial score (nSPS) is 15.6. The maximum atomic E-state index is 12.3. The Balaban J connectivity index is 4.60. The van der Waals surface area contributed by atoms with Crippen LogP contribution >= 0.6 is 0 Å². The van der Waals surface area contributed by atoms with E-state index in [1.54, 1.807) is 6.07 Å². The van der Waals surface area contributed by atoms with Gasteiger partial charge in [-0.25, -0.2) is 0 Å². The Morgan fingerprint density at radius 3 is 2.29 bits per heavy atom. The summed E-state index contributed by atoms with van der Waals surface area (Å²) in [5.41, 5.74) is -2.94. The Morgan fingerprint density at radius 2 is 2.00 bits per heavy atom. The van der Waals surface area contributed by atoms with E-state index in [0.717, 1.165) is 0 Å². The summed E-state index contributed by atoms with van der Waals surface area (Å²) in [5.74, 6) is 0. The highest BCUT2D eigenvalue weighted by atomic mass is 19.4. The third-order valence-corrected chi connectivity index (χ3v) is 1.97. The molecule has 0 saturated carbocycles. The lowest BCUT2D eigenvalue weighted by atomic mass is 9.95. The van der Waals surface area contributed by atoms with E-state index in [-0.39, 0.29) is 12.8 Å². The largest absolute Gasteiger partial charge is 0.460 e. The molecule has 80 valence electrons. The minimum Gasteiger partial charge on any atom is -0.264 e. The van der Waals surface area contributed by atoms with Crippen molar-refractivity contribution in [2.24, 2.45) is 0 Å². The molecule has 1 atom stereocenters. The average molecular weight is 210 g/mol. The molecule has 0 radical (unpaired) electrons. The van der Waals surface area contributed by atoms with E-state index in [4.69, 9.17) is 5.26 Å². The van der Waals surface area contributed by atoms with Gasteiger partial charge in [0.05, 0.1) is 6.07 Å². The molecule has 0 amide bonds. The van der Waals surface area contributed by atoms with Crippen LogP contribution in [-0.2, 0) is 0 Å². The summed E-state index contributed by atoms with van der Waals surface area (Å²) in [4.78, 5) is 8.92. The first kappa shape index (κ1) is 12.7. The van der Waals surface area contributed by atoms with Crippen LogP contribution in [0.4, 0.5) is 13.2 Å². The molecule has 0 rings (SSSR count). The van der Waals surface area contributed by atoms with Crippen molar-refractivity contribution in [1.82, 2.24) is 0 Å². The van der Waals surface area contributed by atoms with Gasteiger partial charge in [0.25, 0.3) is 0 Å². The number of alkyl halides is 3. The Bertz CT molecular complexity index is 259. The minimum atomic E-state index is -4.88. The molecule has 0 aliphatic heterocycles. The fraction of sp³-hybridized carbons (Fsp3) is 0.857. The molecule has 0 spiro atoms. The zero-order valence-electron chi connectivity index (χ0n) is 7.47. The van der Waals surface area contributed by atoms with Crippen LogP contribution in [0.3, 0.4) is 0 Å². The zero-order valence-corrected chi connectivity index (χ0v) is 7.47.